The van der Waals surface area contributed by atoms with Crippen LogP contribution >= 0.6 is 0 Å². The molecular weight excluding hydrogens is 418 g/mol. The standard InChI is InChI=1S/C26H23N3O4/c1-3-33-22-15-9-18(10-16-22)23-24(28-20-13-11-19(12-14-20)27-17(2)30)26(32)29(25(23)31)21-7-5-4-6-8-21/h4-16,28H,3H2,1-2H3,(H,27,30). The van der Waals surface area contributed by atoms with Crippen molar-refractivity contribution in [2.24, 2.45) is 0 Å². The third-order valence-corrected chi connectivity index (χ3v) is 5.03. The summed E-state index contributed by atoms with van der Waals surface area (Å²) in [6, 6.07) is 22.8. The molecule has 3 aromatic carbocycles. The van der Waals surface area contributed by atoms with Crippen molar-refractivity contribution in [3.05, 3.63) is 90.1 Å². The van der Waals surface area contributed by atoms with E-state index in [1.54, 1.807) is 72.8 Å². The van der Waals surface area contributed by atoms with Gasteiger partial charge in [-0.15, -0.1) is 0 Å². The van der Waals surface area contributed by atoms with Crippen molar-refractivity contribution in [1.82, 2.24) is 0 Å². The van der Waals surface area contributed by atoms with Gasteiger partial charge in [-0.2, -0.15) is 0 Å². The van der Waals surface area contributed by atoms with E-state index in [0.29, 0.717) is 35.0 Å². The number of ether oxygens (including phenoxy) is 1. The third kappa shape index (κ3) is 4.62. The van der Waals surface area contributed by atoms with Gasteiger partial charge >= 0.3 is 0 Å². The number of imide groups is 1. The molecule has 0 fully saturated rings. The first-order valence-corrected chi connectivity index (χ1v) is 10.5. The zero-order valence-electron chi connectivity index (χ0n) is 18.3. The van der Waals surface area contributed by atoms with Gasteiger partial charge in [-0.3, -0.25) is 14.4 Å². The SMILES string of the molecule is CCOc1ccc(C2=C(Nc3ccc(NC(C)=O)cc3)C(=O)N(c3ccccc3)C2=O)cc1. The molecular formula is C26H23N3O4. The van der Waals surface area contributed by atoms with Crippen molar-refractivity contribution in [2.45, 2.75) is 13.8 Å². The predicted octanol–water partition coefficient (Wildman–Crippen LogP) is 4.44. The molecule has 0 radical (unpaired) electrons. The van der Waals surface area contributed by atoms with Gasteiger partial charge in [0.2, 0.25) is 5.91 Å². The molecule has 1 heterocycles. The van der Waals surface area contributed by atoms with Crippen molar-refractivity contribution in [3.63, 3.8) is 0 Å². The Morgan fingerprint density at radius 2 is 1.48 bits per heavy atom. The van der Waals surface area contributed by atoms with Crippen LogP contribution in [0.4, 0.5) is 17.1 Å². The maximum absolute atomic E-state index is 13.4. The first kappa shape index (κ1) is 21.8. The zero-order valence-corrected chi connectivity index (χ0v) is 18.3. The molecule has 2 N–H and O–H groups in total. The summed E-state index contributed by atoms with van der Waals surface area (Å²) in [5.74, 6) is -0.346. The average molecular weight is 441 g/mol. The summed E-state index contributed by atoms with van der Waals surface area (Å²) >= 11 is 0. The van der Waals surface area contributed by atoms with Crippen LogP contribution in [0.2, 0.25) is 0 Å². The van der Waals surface area contributed by atoms with E-state index < -0.39 is 11.8 Å². The number of amides is 3. The van der Waals surface area contributed by atoms with Crippen LogP contribution < -0.4 is 20.3 Å². The van der Waals surface area contributed by atoms with Gasteiger partial charge in [0.1, 0.15) is 11.4 Å². The fourth-order valence-electron chi connectivity index (χ4n) is 3.59. The van der Waals surface area contributed by atoms with Gasteiger partial charge in [0, 0.05) is 18.3 Å². The highest BCUT2D eigenvalue weighted by Gasteiger charge is 2.40. The first-order valence-electron chi connectivity index (χ1n) is 10.5. The van der Waals surface area contributed by atoms with E-state index in [1.165, 1.54) is 11.8 Å². The molecule has 7 nitrogen and oxygen atoms in total. The highest BCUT2D eigenvalue weighted by Crippen LogP contribution is 2.34. The molecule has 166 valence electrons. The lowest BCUT2D eigenvalue weighted by atomic mass is 10.0. The molecule has 0 aromatic heterocycles. The molecule has 0 atom stereocenters. The zero-order chi connectivity index (χ0) is 23.4. The Balaban J connectivity index is 1.73. The summed E-state index contributed by atoms with van der Waals surface area (Å²) in [7, 11) is 0. The van der Waals surface area contributed by atoms with Gasteiger partial charge in [0.15, 0.2) is 0 Å². The Bertz CT molecular complexity index is 1220. The van der Waals surface area contributed by atoms with Gasteiger partial charge in [-0.25, -0.2) is 4.90 Å². The fraction of sp³-hybridized carbons (Fsp3) is 0.115. The van der Waals surface area contributed by atoms with E-state index in [2.05, 4.69) is 10.6 Å². The molecule has 1 aliphatic rings. The average Bonchev–Trinajstić information content (AvgIpc) is 3.05. The monoisotopic (exact) mass is 441 g/mol. The molecule has 33 heavy (non-hydrogen) atoms. The number of benzene rings is 3. The molecule has 1 aliphatic heterocycles. The first-order chi connectivity index (χ1) is 16.0. The van der Waals surface area contributed by atoms with Crippen LogP contribution in [0.1, 0.15) is 19.4 Å². The topological polar surface area (TPSA) is 87.7 Å². The molecule has 0 unspecified atom stereocenters. The second kappa shape index (κ2) is 9.40. The van der Waals surface area contributed by atoms with Crippen LogP contribution in [0.5, 0.6) is 5.75 Å². The van der Waals surface area contributed by atoms with Crippen molar-refractivity contribution in [1.29, 1.82) is 0 Å². The third-order valence-electron chi connectivity index (χ3n) is 5.03. The predicted molar refractivity (Wildman–Crippen MR) is 128 cm³/mol. The van der Waals surface area contributed by atoms with E-state index in [1.807, 2.05) is 13.0 Å². The second-order valence-corrected chi connectivity index (χ2v) is 7.37. The lowest BCUT2D eigenvalue weighted by Gasteiger charge is -2.15. The van der Waals surface area contributed by atoms with Crippen LogP contribution in [0.25, 0.3) is 5.57 Å². The summed E-state index contributed by atoms with van der Waals surface area (Å²) in [5.41, 5.74) is 2.80. The number of anilines is 3. The normalized spacial score (nSPS) is 13.3. The molecule has 0 aliphatic carbocycles. The van der Waals surface area contributed by atoms with Crippen molar-refractivity contribution < 1.29 is 19.1 Å². The molecule has 7 heteroatoms. The van der Waals surface area contributed by atoms with Crippen molar-refractivity contribution in [3.8, 4) is 5.75 Å². The van der Waals surface area contributed by atoms with Crippen LogP contribution in [-0.4, -0.2) is 24.3 Å². The van der Waals surface area contributed by atoms with E-state index >= 15 is 0 Å². The van der Waals surface area contributed by atoms with Gasteiger partial charge < -0.3 is 15.4 Å². The molecule has 3 amide bonds. The van der Waals surface area contributed by atoms with Gasteiger partial charge in [-0.05, 0) is 61.0 Å². The van der Waals surface area contributed by atoms with Crippen LogP contribution in [0, 0.1) is 0 Å². The minimum absolute atomic E-state index is 0.175. The molecule has 0 saturated heterocycles. The van der Waals surface area contributed by atoms with Crippen molar-refractivity contribution >= 4 is 40.4 Å². The molecule has 4 rings (SSSR count). The van der Waals surface area contributed by atoms with E-state index in [0.717, 1.165) is 0 Å². The van der Waals surface area contributed by atoms with Crippen LogP contribution in [0.3, 0.4) is 0 Å². The summed E-state index contributed by atoms with van der Waals surface area (Å²) in [6.07, 6.45) is 0. The summed E-state index contributed by atoms with van der Waals surface area (Å²) in [6.45, 7) is 3.86. The minimum Gasteiger partial charge on any atom is -0.494 e. The number of hydrogen-bond acceptors (Lipinski definition) is 5. The maximum atomic E-state index is 13.4. The highest BCUT2D eigenvalue weighted by atomic mass is 16.5. The largest absolute Gasteiger partial charge is 0.494 e. The highest BCUT2D eigenvalue weighted by molar-refractivity contribution is 6.46. The maximum Gasteiger partial charge on any atom is 0.282 e. The van der Waals surface area contributed by atoms with Gasteiger partial charge in [-0.1, -0.05) is 30.3 Å². The van der Waals surface area contributed by atoms with Gasteiger partial charge in [0.05, 0.1) is 17.9 Å². The number of hydrogen-bond donors (Lipinski definition) is 2. The number of carbonyl (C=O) groups is 3. The number of para-hydroxylation sites is 1. The van der Waals surface area contributed by atoms with E-state index in [9.17, 15) is 14.4 Å². The number of nitrogens with zero attached hydrogens (tertiary/aromatic N) is 1. The summed E-state index contributed by atoms with van der Waals surface area (Å²) in [5, 5.41) is 5.81. The lowest BCUT2D eigenvalue weighted by Crippen LogP contribution is -2.32. The van der Waals surface area contributed by atoms with Crippen LogP contribution in [0.15, 0.2) is 84.6 Å². The van der Waals surface area contributed by atoms with E-state index in [4.69, 9.17) is 4.74 Å². The Labute approximate surface area is 191 Å². The lowest BCUT2D eigenvalue weighted by molar-refractivity contribution is -0.120. The Kier molecular flexibility index (Phi) is 6.22. The Morgan fingerprint density at radius 3 is 2.09 bits per heavy atom. The molecule has 3 aromatic rings. The van der Waals surface area contributed by atoms with E-state index in [-0.39, 0.29) is 17.2 Å². The van der Waals surface area contributed by atoms with Crippen LogP contribution in [-0.2, 0) is 14.4 Å². The molecule has 0 spiro atoms. The van der Waals surface area contributed by atoms with Gasteiger partial charge in [0.25, 0.3) is 11.8 Å². The number of rotatable bonds is 7. The molecule has 0 saturated carbocycles. The quantitative estimate of drug-likeness (QED) is 0.529. The minimum atomic E-state index is -0.443. The number of carbonyl (C=O) groups excluding carboxylic acids is 3. The Morgan fingerprint density at radius 1 is 0.848 bits per heavy atom. The Hall–Kier alpha value is -4.39. The number of nitrogens with one attached hydrogen (secondary N) is 2. The second-order valence-electron chi connectivity index (χ2n) is 7.37. The van der Waals surface area contributed by atoms with Crippen molar-refractivity contribution in [2.75, 3.05) is 22.1 Å². The fourth-order valence-corrected chi connectivity index (χ4v) is 3.59. The summed E-state index contributed by atoms with van der Waals surface area (Å²) < 4.78 is 5.50. The summed E-state index contributed by atoms with van der Waals surface area (Å²) in [4.78, 5) is 39.2. The smallest absolute Gasteiger partial charge is 0.282 e. The molecule has 0 bridgehead atoms.